The topological polar surface area (TPSA) is 77.1 Å². The number of thiazole rings is 1. The molecular weight excluding hydrogens is 369 g/mol. The fourth-order valence-electron chi connectivity index (χ4n) is 3.59. The molecule has 2 N–H and O–H groups in total. The molecule has 1 unspecified atom stereocenters. The van der Waals surface area contributed by atoms with Gasteiger partial charge in [-0.1, -0.05) is 23.5 Å². The number of aryl methyl sites for hydroxylation is 1. The van der Waals surface area contributed by atoms with E-state index in [2.05, 4.69) is 19.9 Å². The molecule has 0 amide bonds. The maximum atomic E-state index is 13.5. The smallest absolute Gasteiger partial charge is 0.230 e. The lowest BCUT2D eigenvalue weighted by Crippen LogP contribution is -2.48. The third-order valence-corrected chi connectivity index (χ3v) is 6.00. The van der Waals surface area contributed by atoms with E-state index in [4.69, 9.17) is 5.11 Å². The first-order valence-corrected chi connectivity index (χ1v) is 9.76. The zero-order valence-corrected chi connectivity index (χ0v) is 15.9. The molecular formula is C18H22FN5O2S. The number of nitrogens with zero attached hydrogens (tertiary/aromatic N) is 5. The molecule has 0 bridgehead atoms. The first-order chi connectivity index (χ1) is 13.1. The number of aromatic hydroxyl groups is 1. The number of piperazine rings is 1. The van der Waals surface area contributed by atoms with Gasteiger partial charge in [0, 0.05) is 32.7 Å². The summed E-state index contributed by atoms with van der Waals surface area (Å²) >= 11 is 1.41. The minimum Gasteiger partial charge on any atom is -0.492 e. The first kappa shape index (κ1) is 18.3. The Hall–Kier alpha value is -2.07. The lowest BCUT2D eigenvalue weighted by Gasteiger charge is -2.39. The van der Waals surface area contributed by atoms with Crippen LogP contribution < -0.4 is 0 Å². The quantitative estimate of drug-likeness (QED) is 0.689. The van der Waals surface area contributed by atoms with E-state index in [1.54, 1.807) is 19.1 Å². The molecule has 0 spiro atoms. The van der Waals surface area contributed by atoms with Crippen LogP contribution in [0, 0.1) is 12.7 Å². The van der Waals surface area contributed by atoms with E-state index in [9.17, 15) is 9.50 Å². The molecule has 2 aromatic heterocycles. The van der Waals surface area contributed by atoms with Crippen LogP contribution in [0.25, 0.3) is 4.96 Å². The van der Waals surface area contributed by atoms with Crippen LogP contribution in [-0.2, 0) is 0 Å². The van der Waals surface area contributed by atoms with E-state index >= 15 is 0 Å². The van der Waals surface area contributed by atoms with Crippen molar-refractivity contribution in [2.75, 3.05) is 39.3 Å². The number of halogens is 1. The highest BCUT2D eigenvalue weighted by Crippen LogP contribution is 2.40. The summed E-state index contributed by atoms with van der Waals surface area (Å²) in [5.41, 5.74) is 0.920. The van der Waals surface area contributed by atoms with Crippen LogP contribution in [0.1, 0.15) is 22.3 Å². The van der Waals surface area contributed by atoms with Gasteiger partial charge >= 0.3 is 0 Å². The minimum absolute atomic E-state index is 0.0858. The van der Waals surface area contributed by atoms with Gasteiger partial charge in [0.2, 0.25) is 10.8 Å². The van der Waals surface area contributed by atoms with Crippen LogP contribution in [0.5, 0.6) is 5.88 Å². The van der Waals surface area contributed by atoms with Crippen molar-refractivity contribution in [1.82, 2.24) is 24.4 Å². The van der Waals surface area contributed by atoms with Crippen LogP contribution in [0.2, 0.25) is 0 Å². The van der Waals surface area contributed by atoms with E-state index in [-0.39, 0.29) is 24.3 Å². The van der Waals surface area contributed by atoms with Gasteiger partial charge in [-0.15, -0.1) is 5.10 Å². The first-order valence-electron chi connectivity index (χ1n) is 8.94. The van der Waals surface area contributed by atoms with Gasteiger partial charge in [-0.05, 0) is 24.6 Å². The van der Waals surface area contributed by atoms with Gasteiger partial charge < -0.3 is 10.2 Å². The Balaban J connectivity index is 1.70. The average Bonchev–Trinajstić information content (AvgIpc) is 3.16. The fourth-order valence-corrected chi connectivity index (χ4v) is 4.75. The molecule has 3 aromatic rings. The molecule has 1 saturated heterocycles. The molecule has 1 fully saturated rings. The van der Waals surface area contributed by atoms with E-state index in [1.807, 2.05) is 0 Å². The Bertz CT molecular complexity index is 918. The number of β-amino-alcohol motifs (C(OH)–C–C–N with tert-alkyl or cyclic N) is 1. The normalized spacial score (nSPS) is 17.6. The summed E-state index contributed by atoms with van der Waals surface area (Å²) in [6.45, 7) is 5.84. The molecule has 9 heteroatoms. The molecule has 144 valence electrons. The summed E-state index contributed by atoms with van der Waals surface area (Å²) in [4.78, 5) is 10.3. The molecule has 0 radical (unpaired) electrons. The van der Waals surface area contributed by atoms with Crippen LogP contribution in [-0.4, -0.2) is 73.9 Å². The van der Waals surface area contributed by atoms with Gasteiger partial charge in [0.25, 0.3) is 0 Å². The number of aliphatic hydroxyl groups excluding tert-OH is 1. The van der Waals surface area contributed by atoms with Crippen molar-refractivity contribution in [1.29, 1.82) is 0 Å². The minimum atomic E-state index is -0.284. The largest absolute Gasteiger partial charge is 0.492 e. The molecule has 1 aromatic carbocycles. The maximum Gasteiger partial charge on any atom is 0.230 e. The number of rotatable bonds is 5. The van der Waals surface area contributed by atoms with E-state index in [1.165, 1.54) is 28.0 Å². The van der Waals surface area contributed by atoms with E-state index < -0.39 is 0 Å². The highest BCUT2D eigenvalue weighted by Gasteiger charge is 2.31. The highest BCUT2D eigenvalue weighted by molar-refractivity contribution is 7.17. The lowest BCUT2D eigenvalue weighted by atomic mass is 10.0. The predicted octanol–water partition coefficient (Wildman–Crippen LogP) is 1.64. The van der Waals surface area contributed by atoms with Crippen molar-refractivity contribution >= 4 is 16.3 Å². The predicted molar refractivity (Wildman–Crippen MR) is 101 cm³/mol. The zero-order chi connectivity index (χ0) is 19.0. The highest BCUT2D eigenvalue weighted by atomic mass is 32.1. The number of hydrogen-bond donors (Lipinski definition) is 2. The third-order valence-electron chi connectivity index (χ3n) is 4.93. The Labute approximate surface area is 160 Å². The van der Waals surface area contributed by atoms with Crippen LogP contribution in [0.15, 0.2) is 24.3 Å². The van der Waals surface area contributed by atoms with Crippen molar-refractivity contribution in [2.24, 2.45) is 0 Å². The SMILES string of the molecule is Cc1nc2sc(C(c3ccc(F)cc3)N3CCN(CCO)CC3)c(O)n2n1. The second-order valence-corrected chi connectivity index (χ2v) is 7.71. The third kappa shape index (κ3) is 3.55. The number of aliphatic hydroxyl groups is 1. The second kappa shape index (κ2) is 7.51. The van der Waals surface area contributed by atoms with Gasteiger partial charge in [0.1, 0.15) is 11.6 Å². The van der Waals surface area contributed by atoms with E-state index in [0.717, 1.165) is 36.6 Å². The molecule has 1 aliphatic heterocycles. The van der Waals surface area contributed by atoms with Crippen molar-refractivity contribution < 1.29 is 14.6 Å². The van der Waals surface area contributed by atoms with Crippen molar-refractivity contribution in [3.05, 3.63) is 46.3 Å². The van der Waals surface area contributed by atoms with E-state index in [0.29, 0.717) is 17.3 Å². The summed E-state index contributed by atoms with van der Waals surface area (Å²) in [7, 11) is 0. The standard InChI is InChI=1S/C18H22FN5O2S/c1-12-20-18-24(21-12)17(26)16(27-18)15(13-2-4-14(19)5-3-13)23-8-6-22(7-9-23)10-11-25/h2-5,15,25-26H,6-11H2,1H3. The van der Waals surface area contributed by atoms with Crippen LogP contribution in [0.4, 0.5) is 4.39 Å². The number of benzene rings is 1. The van der Waals surface area contributed by atoms with Crippen LogP contribution >= 0.6 is 11.3 Å². The average molecular weight is 391 g/mol. The number of aromatic nitrogens is 3. The summed E-state index contributed by atoms with van der Waals surface area (Å²) in [6.07, 6.45) is 0. The Morgan fingerprint density at radius 2 is 1.89 bits per heavy atom. The second-order valence-electron chi connectivity index (χ2n) is 6.70. The molecule has 4 rings (SSSR count). The summed E-state index contributed by atoms with van der Waals surface area (Å²) in [5, 5.41) is 24.2. The molecule has 3 heterocycles. The Morgan fingerprint density at radius 1 is 1.19 bits per heavy atom. The molecule has 0 aliphatic carbocycles. The molecule has 0 saturated carbocycles. The van der Waals surface area contributed by atoms with Crippen molar-refractivity contribution in [3.63, 3.8) is 0 Å². The van der Waals surface area contributed by atoms with Gasteiger partial charge in [0.05, 0.1) is 17.5 Å². The molecule has 7 nitrogen and oxygen atoms in total. The monoisotopic (exact) mass is 391 g/mol. The molecule has 27 heavy (non-hydrogen) atoms. The van der Waals surface area contributed by atoms with Crippen LogP contribution in [0.3, 0.4) is 0 Å². The zero-order valence-electron chi connectivity index (χ0n) is 15.0. The van der Waals surface area contributed by atoms with Gasteiger partial charge in [0.15, 0.2) is 0 Å². The molecule has 1 atom stereocenters. The van der Waals surface area contributed by atoms with Crippen molar-refractivity contribution in [3.8, 4) is 5.88 Å². The maximum absolute atomic E-state index is 13.5. The fraction of sp³-hybridized carbons (Fsp3) is 0.444. The summed E-state index contributed by atoms with van der Waals surface area (Å²) in [5.74, 6) is 0.412. The number of hydrogen-bond acceptors (Lipinski definition) is 7. The van der Waals surface area contributed by atoms with Gasteiger partial charge in [-0.2, -0.15) is 4.52 Å². The lowest BCUT2D eigenvalue weighted by molar-refractivity contribution is 0.0945. The van der Waals surface area contributed by atoms with Crippen molar-refractivity contribution in [2.45, 2.75) is 13.0 Å². The van der Waals surface area contributed by atoms with Gasteiger partial charge in [-0.3, -0.25) is 9.80 Å². The summed E-state index contributed by atoms with van der Waals surface area (Å²) < 4.78 is 14.9. The Morgan fingerprint density at radius 3 is 2.52 bits per heavy atom. The van der Waals surface area contributed by atoms with Gasteiger partial charge in [-0.25, -0.2) is 9.37 Å². The Kier molecular flexibility index (Phi) is 5.09. The number of fused-ring (bicyclic) bond motifs is 1. The molecule has 1 aliphatic rings. The summed E-state index contributed by atoms with van der Waals surface area (Å²) in [6, 6.07) is 6.22.